The van der Waals surface area contributed by atoms with Crippen molar-refractivity contribution in [2.24, 2.45) is 0 Å². The van der Waals surface area contributed by atoms with Gasteiger partial charge < -0.3 is 10.1 Å². The molecular weight excluding hydrogens is 389 g/mol. The van der Waals surface area contributed by atoms with E-state index in [9.17, 15) is 22.8 Å². The number of anilines is 1. The average molecular weight is 404 g/mol. The molecule has 140 valence electrons. The van der Waals surface area contributed by atoms with Crippen molar-refractivity contribution < 1.29 is 27.5 Å². The lowest BCUT2D eigenvalue weighted by molar-refractivity contribution is -0.142. The van der Waals surface area contributed by atoms with Gasteiger partial charge in [-0.15, -0.1) is 11.3 Å². The predicted octanol–water partition coefficient (Wildman–Crippen LogP) is 3.79. The summed E-state index contributed by atoms with van der Waals surface area (Å²) in [4.78, 5) is 27.8. The second kappa shape index (κ2) is 9.04. The van der Waals surface area contributed by atoms with Crippen LogP contribution in [0.3, 0.4) is 0 Å². The lowest BCUT2D eigenvalue weighted by atomic mass is 10.2. The lowest BCUT2D eigenvalue weighted by Crippen LogP contribution is -2.23. The molecule has 0 saturated heterocycles. The van der Waals surface area contributed by atoms with Gasteiger partial charge in [-0.1, -0.05) is 11.8 Å². The van der Waals surface area contributed by atoms with Crippen molar-refractivity contribution in [3.63, 3.8) is 0 Å². The number of nitrogens with zero attached hydrogens (tertiary/aromatic N) is 1. The van der Waals surface area contributed by atoms with Gasteiger partial charge in [-0.25, -0.2) is 18.2 Å². The minimum atomic E-state index is -1.65. The third-order valence-corrected chi connectivity index (χ3v) is 5.22. The molecule has 0 radical (unpaired) electrons. The van der Waals surface area contributed by atoms with Crippen LogP contribution in [0.1, 0.15) is 19.5 Å². The number of ether oxygens (including phenoxy) is 1. The highest BCUT2D eigenvalue weighted by atomic mass is 32.2. The van der Waals surface area contributed by atoms with Crippen LogP contribution in [0.5, 0.6) is 0 Å². The minimum Gasteiger partial charge on any atom is -0.466 e. The van der Waals surface area contributed by atoms with Gasteiger partial charge in [-0.05, 0) is 26.0 Å². The standard InChI is InChI=1S/C16H15F3N2O3S2/c1-3-24-12(22)6-9-7-25-16(20-9)26-8(2)15(23)21-11-5-4-10(17)13(18)14(11)19/h4-5,7-8H,3,6H2,1-2H3,(H,21,23)/t8-/m1/s1. The fourth-order valence-corrected chi connectivity index (χ4v) is 3.83. The van der Waals surface area contributed by atoms with E-state index in [1.807, 2.05) is 0 Å². The van der Waals surface area contributed by atoms with Crippen LogP contribution in [0.4, 0.5) is 18.9 Å². The summed E-state index contributed by atoms with van der Waals surface area (Å²) in [5.41, 5.74) is 0.0821. The number of halogens is 3. The molecule has 0 aliphatic heterocycles. The first kappa shape index (κ1) is 20.2. The fourth-order valence-electron chi connectivity index (χ4n) is 1.85. The summed E-state index contributed by atoms with van der Waals surface area (Å²) in [5.74, 6) is -5.43. The van der Waals surface area contributed by atoms with Crippen molar-refractivity contribution in [1.82, 2.24) is 4.98 Å². The Morgan fingerprint density at radius 3 is 2.73 bits per heavy atom. The van der Waals surface area contributed by atoms with Crippen molar-refractivity contribution >= 4 is 40.7 Å². The van der Waals surface area contributed by atoms with Gasteiger partial charge in [-0.2, -0.15) is 0 Å². The average Bonchev–Trinajstić information content (AvgIpc) is 3.02. The summed E-state index contributed by atoms with van der Waals surface area (Å²) in [5, 5.41) is 3.22. The summed E-state index contributed by atoms with van der Waals surface area (Å²) >= 11 is 2.35. The highest BCUT2D eigenvalue weighted by Crippen LogP contribution is 2.28. The molecular formula is C16H15F3N2O3S2. The second-order valence-electron chi connectivity index (χ2n) is 5.06. The largest absolute Gasteiger partial charge is 0.466 e. The number of thiazole rings is 1. The molecule has 1 N–H and O–H groups in total. The smallest absolute Gasteiger partial charge is 0.311 e. The van der Waals surface area contributed by atoms with Crippen LogP contribution in [-0.4, -0.2) is 28.7 Å². The summed E-state index contributed by atoms with van der Waals surface area (Å²) in [6, 6.07) is 1.68. The van der Waals surface area contributed by atoms with Crippen molar-refractivity contribution in [3.05, 3.63) is 40.7 Å². The van der Waals surface area contributed by atoms with Crippen molar-refractivity contribution in [2.75, 3.05) is 11.9 Å². The molecule has 10 heteroatoms. The number of carbonyl (C=O) groups is 2. The Kier molecular flexibility index (Phi) is 7.04. The van der Waals surface area contributed by atoms with Crippen LogP contribution in [0, 0.1) is 17.5 Å². The molecule has 1 aromatic heterocycles. The predicted molar refractivity (Wildman–Crippen MR) is 92.7 cm³/mol. The van der Waals surface area contributed by atoms with Crippen molar-refractivity contribution in [1.29, 1.82) is 0 Å². The SMILES string of the molecule is CCOC(=O)Cc1csc(S[C@H](C)C(=O)Nc2ccc(F)c(F)c2F)n1. The van der Waals surface area contributed by atoms with Crippen LogP contribution >= 0.6 is 23.1 Å². The number of esters is 1. The number of rotatable bonds is 7. The normalized spacial score (nSPS) is 11.9. The van der Waals surface area contributed by atoms with Gasteiger partial charge in [0, 0.05) is 5.38 Å². The third kappa shape index (κ3) is 5.21. The summed E-state index contributed by atoms with van der Waals surface area (Å²) in [6.45, 7) is 3.54. The zero-order chi connectivity index (χ0) is 19.3. The number of thioether (sulfide) groups is 1. The monoisotopic (exact) mass is 404 g/mol. The molecule has 2 rings (SSSR count). The zero-order valence-corrected chi connectivity index (χ0v) is 15.5. The molecule has 0 spiro atoms. The van der Waals surface area contributed by atoms with E-state index in [1.54, 1.807) is 19.2 Å². The molecule has 0 bridgehead atoms. The van der Waals surface area contributed by atoms with E-state index < -0.39 is 40.3 Å². The number of carbonyl (C=O) groups excluding carboxylic acids is 2. The maximum Gasteiger partial charge on any atom is 0.311 e. The van der Waals surface area contributed by atoms with Crippen LogP contribution in [-0.2, 0) is 20.7 Å². The number of amides is 1. The molecule has 0 saturated carbocycles. The number of benzene rings is 1. The Labute approximate surface area is 156 Å². The minimum absolute atomic E-state index is 0.0333. The summed E-state index contributed by atoms with van der Waals surface area (Å²) < 4.78 is 45.1. The van der Waals surface area contributed by atoms with E-state index >= 15 is 0 Å². The van der Waals surface area contributed by atoms with Gasteiger partial charge in [0.05, 0.1) is 29.7 Å². The van der Waals surface area contributed by atoms with E-state index in [4.69, 9.17) is 4.74 Å². The molecule has 0 aliphatic carbocycles. The van der Waals surface area contributed by atoms with Crippen LogP contribution in [0.25, 0.3) is 0 Å². The Hall–Kier alpha value is -2.07. The topological polar surface area (TPSA) is 68.3 Å². The molecule has 1 heterocycles. The zero-order valence-electron chi connectivity index (χ0n) is 13.8. The molecule has 26 heavy (non-hydrogen) atoms. The maximum atomic E-state index is 13.6. The number of nitrogens with one attached hydrogen (secondary N) is 1. The Balaban J connectivity index is 1.96. The Morgan fingerprint density at radius 2 is 2.04 bits per heavy atom. The Morgan fingerprint density at radius 1 is 1.31 bits per heavy atom. The summed E-state index contributed by atoms with van der Waals surface area (Å²) in [6.07, 6.45) is 0.0333. The fraction of sp³-hybridized carbons (Fsp3) is 0.312. The van der Waals surface area contributed by atoms with Gasteiger partial charge in [0.2, 0.25) is 5.91 Å². The molecule has 0 fully saturated rings. The van der Waals surface area contributed by atoms with E-state index in [2.05, 4.69) is 10.3 Å². The van der Waals surface area contributed by atoms with E-state index in [1.165, 1.54) is 11.3 Å². The van der Waals surface area contributed by atoms with Crippen molar-refractivity contribution in [2.45, 2.75) is 29.9 Å². The Bertz CT molecular complexity index is 814. The quantitative estimate of drug-likeness (QED) is 0.432. The molecule has 0 unspecified atom stereocenters. The highest BCUT2D eigenvalue weighted by Gasteiger charge is 2.20. The van der Waals surface area contributed by atoms with Crippen LogP contribution in [0.15, 0.2) is 21.9 Å². The molecule has 1 aromatic carbocycles. The molecule has 1 amide bonds. The van der Waals surface area contributed by atoms with Crippen LogP contribution in [0.2, 0.25) is 0 Å². The molecule has 5 nitrogen and oxygen atoms in total. The lowest BCUT2D eigenvalue weighted by Gasteiger charge is -2.11. The number of hydrogen-bond acceptors (Lipinski definition) is 6. The first-order valence-electron chi connectivity index (χ1n) is 7.52. The van der Waals surface area contributed by atoms with Crippen LogP contribution < -0.4 is 5.32 Å². The van der Waals surface area contributed by atoms with E-state index in [0.29, 0.717) is 10.0 Å². The van der Waals surface area contributed by atoms with Gasteiger partial charge >= 0.3 is 5.97 Å². The second-order valence-corrected chi connectivity index (χ2v) is 7.50. The summed E-state index contributed by atoms with van der Waals surface area (Å²) in [7, 11) is 0. The first-order chi connectivity index (χ1) is 12.3. The van der Waals surface area contributed by atoms with Gasteiger partial charge in [0.15, 0.2) is 21.8 Å². The highest BCUT2D eigenvalue weighted by molar-refractivity contribution is 8.02. The first-order valence-corrected chi connectivity index (χ1v) is 9.28. The molecule has 0 aliphatic rings. The molecule has 2 aromatic rings. The van der Waals surface area contributed by atoms with E-state index in [0.717, 1.165) is 23.9 Å². The van der Waals surface area contributed by atoms with Gasteiger partial charge in [0.1, 0.15) is 0 Å². The maximum absolute atomic E-state index is 13.6. The van der Waals surface area contributed by atoms with E-state index in [-0.39, 0.29) is 13.0 Å². The van der Waals surface area contributed by atoms with Crippen molar-refractivity contribution in [3.8, 4) is 0 Å². The molecule has 1 atom stereocenters. The van der Waals surface area contributed by atoms with Gasteiger partial charge in [-0.3, -0.25) is 9.59 Å². The van der Waals surface area contributed by atoms with Gasteiger partial charge in [0.25, 0.3) is 0 Å². The number of aromatic nitrogens is 1. The number of hydrogen-bond donors (Lipinski definition) is 1. The third-order valence-electron chi connectivity index (χ3n) is 3.10.